The zero-order valence-corrected chi connectivity index (χ0v) is 11.1. The van der Waals surface area contributed by atoms with E-state index in [1.807, 2.05) is 29.6 Å². The maximum Gasteiger partial charge on any atom is 0.304 e. The van der Waals surface area contributed by atoms with E-state index in [9.17, 15) is 4.79 Å². The Labute approximate surface area is 115 Å². The monoisotopic (exact) mass is 274 g/mol. The van der Waals surface area contributed by atoms with Crippen molar-refractivity contribution >= 4 is 11.3 Å². The molecule has 0 radical (unpaired) electrons. The normalized spacial score (nSPS) is 10.1. The van der Waals surface area contributed by atoms with E-state index in [4.69, 9.17) is 11.2 Å². The van der Waals surface area contributed by atoms with Crippen LogP contribution >= 0.6 is 11.3 Å². The van der Waals surface area contributed by atoms with Crippen LogP contribution in [-0.4, -0.2) is 11.6 Å². The van der Waals surface area contributed by atoms with E-state index < -0.39 is 0 Å². The summed E-state index contributed by atoms with van der Waals surface area (Å²) in [6.07, 6.45) is 5.18. The van der Waals surface area contributed by atoms with Crippen molar-refractivity contribution in [1.29, 1.82) is 0 Å². The second kappa shape index (κ2) is 6.78. The second-order valence-corrected chi connectivity index (χ2v) is 4.72. The average molecular weight is 274 g/mol. The minimum Gasteiger partial charge on any atom is -0.481 e. The Kier molecular flexibility index (Phi) is 4.78. The zero-order chi connectivity index (χ0) is 13.5. The smallest absolute Gasteiger partial charge is 0.304 e. The molecule has 0 aliphatic rings. The Balaban J connectivity index is 1.92. The van der Waals surface area contributed by atoms with Crippen molar-refractivity contribution in [3.63, 3.8) is 0 Å². The van der Waals surface area contributed by atoms with Crippen molar-refractivity contribution in [1.82, 2.24) is 10.3 Å². The molecule has 0 fully saturated rings. The Morgan fingerprint density at radius 2 is 2.21 bits per heavy atom. The quantitative estimate of drug-likeness (QED) is 0.789. The van der Waals surface area contributed by atoms with E-state index in [1.54, 1.807) is 0 Å². The maximum absolute atomic E-state index is 11.0. The molecule has 4 nitrogen and oxygen atoms in total. The highest BCUT2D eigenvalue weighted by Gasteiger charge is 2.02. The van der Waals surface area contributed by atoms with Crippen molar-refractivity contribution in [2.24, 2.45) is 0 Å². The first-order valence-corrected chi connectivity index (χ1v) is 6.69. The number of terminal acetylenes is 1. The Bertz CT molecular complexity index is 625. The van der Waals surface area contributed by atoms with Gasteiger partial charge in [-0.05, 0) is 6.07 Å². The van der Waals surface area contributed by atoms with Crippen molar-refractivity contribution in [3.05, 3.63) is 50.6 Å². The third kappa shape index (κ3) is 3.98. The molecule has 0 saturated heterocycles. The van der Waals surface area contributed by atoms with Crippen LogP contribution in [0.4, 0.5) is 0 Å². The number of aromatic nitrogens is 1. The molecule has 19 heavy (non-hydrogen) atoms. The van der Waals surface area contributed by atoms with Gasteiger partial charge in [0.05, 0.1) is 0 Å². The van der Waals surface area contributed by atoms with Gasteiger partial charge in [0.15, 0.2) is 0 Å². The summed E-state index contributed by atoms with van der Waals surface area (Å²) in [6.45, 7) is 1.52. The lowest BCUT2D eigenvalue weighted by Gasteiger charge is -2.10. The SMILES string of the molecule is C#CCOc1ccccc1CNCc1csc(=O)[nH]1. The third-order valence-electron chi connectivity index (χ3n) is 2.49. The first kappa shape index (κ1) is 13.4. The maximum atomic E-state index is 11.0. The van der Waals surface area contributed by atoms with Gasteiger partial charge >= 0.3 is 4.87 Å². The zero-order valence-electron chi connectivity index (χ0n) is 10.3. The summed E-state index contributed by atoms with van der Waals surface area (Å²) in [6, 6.07) is 7.73. The molecule has 98 valence electrons. The number of hydrogen-bond donors (Lipinski definition) is 2. The van der Waals surface area contributed by atoms with Crippen LogP contribution in [0.25, 0.3) is 0 Å². The number of rotatable bonds is 6. The third-order valence-corrected chi connectivity index (χ3v) is 3.20. The number of H-pyrrole nitrogens is 1. The van der Waals surface area contributed by atoms with Gasteiger partial charge in [0, 0.05) is 29.7 Å². The van der Waals surface area contributed by atoms with Gasteiger partial charge in [-0.2, -0.15) is 0 Å². The number of para-hydroxylation sites is 1. The molecule has 5 heteroatoms. The Morgan fingerprint density at radius 1 is 1.37 bits per heavy atom. The van der Waals surface area contributed by atoms with E-state index >= 15 is 0 Å². The fourth-order valence-electron chi connectivity index (χ4n) is 1.64. The van der Waals surface area contributed by atoms with Crippen LogP contribution in [0.1, 0.15) is 11.3 Å². The van der Waals surface area contributed by atoms with Gasteiger partial charge in [-0.15, -0.1) is 6.42 Å². The summed E-state index contributed by atoms with van der Waals surface area (Å²) in [5.74, 6) is 3.23. The Hall–Kier alpha value is -2.03. The molecule has 0 atom stereocenters. The fraction of sp³-hybridized carbons (Fsp3) is 0.214. The van der Waals surface area contributed by atoms with E-state index in [1.165, 1.54) is 11.3 Å². The number of ether oxygens (including phenoxy) is 1. The molecule has 2 aromatic rings. The topological polar surface area (TPSA) is 54.1 Å². The molecule has 0 aliphatic heterocycles. The van der Waals surface area contributed by atoms with Gasteiger partial charge < -0.3 is 15.0 Å². The minimum atomic E-state index is -0.0328. The molecule has 2 N–H and O–H groups in total. The van der Waals surface area contributed by atoms with Gasteiger partial charge in [0.25, 0.3) is 0 Å². The van der Waals surface area contributed by atoms with Crippen LogP contribution < -0.4 is 14.9 Å². The highest BCUT2D eigenvalue weighted by atomic mass is 32.1. The van der Waals surface area contributed by atoms with Gasteiger partial charge in [-0.25, -0.2) is 0 Å². The van der Waals surface area contributed by atoms with E-state index in [2.05, 4.69) is 16.2 Å². The van der Waals surface area contributed by atoms with Crippen LogP contribution in [0.2, 0.25) is 0 Å². The standard InChI is InChI=1S/C14H14N2O2S/c1-2-7-18-13-6-4-3-5-11(13)8-15-9-12-10-19-14(17)16-12/h1,3-6,10,15H,7-9H2,(H,16,17). The average Bonchev–Trinajstić information content (AvgIpc) is 2.83. The molecule has 0 bridgehead atoms. The van der Waals surface area contributed by atoms with Crippen LogP contribution in [-0.2, 0) is 13.1 Å². The van der Waals surface area contributed by atoms with Gasteiger partial charge in [0.2, 0.25) is 0 Å². The molecule has 1 heterocycles. The first-order chi connectivity index (χ1) is 9.29. The first-order valence-electron chi connectivity index (χ1n) is 5.81. The second-order valence-electron chi connectivity index (χ2n) is 3.88. The summed E-state index contributed by atoms with van der Waals surface area (Å²) < 4.78 is 5.46. The van der Waals surface area contributed by atoms with Crippen molar-refractivity contribution in [2.75, 3.05) is 6.61 Å². The molecule has 1 aromatic heterocycles. The molecule has 0 spiro atoms. The predicted molar refractivity (Wildman–Crippen MR) is 76.3 cm³/mol. The summed E-state index contributed by atoms with van der Waals surface area (Å²) in [4.78, 5) is 13.7. The molecular weight excluding hydrogens is 260 g/mol. The largest absolute Gasteiger partial charge is 0.481 e. The number of benzene rings is 1. The number of aromatic amines is 1. The molecule has 1 aromatic carbocycles. The highest BCUT2D eigenvalue weighted by Crippen LogP contribution is 2.17. The lowest BCUT2D eigenvalue weighted by molar-refractivity contribution is 0.364. The molecule has 0 amide bonds. The van der Waals surface area contributed by atoms with Gasteiger partial charge in [0.1, 0.15) is 12.4 Å². The predicted octanol–water partition coefficient (Wildman–Crippen LogP) is 1.74. The van der Waals surface area contributed by atoms with Crippen LogP contribution in [0.3, 0.4) is 0 Å². The lowest BCUT2D eigenvalue weighted by Crippen LogP contribution is -2.14. The molecule has 0 unspecified atom stereocenters. The summed E-state index contributed by atoms with van der Waals surface area (Å²) in [7, 11) is 0. The van der Waals surface area contributed by atoms with Gasteiger partial charge in [-0.1, -0.05) is 35.5 Å². The molecule has 2 rings (SSSR count). The van der Waals surface area contributed by atoms with Crippen molar-refractivity contribution in [3.8, 4) is 18.1 Å². The molecule has 0 aliphatic carbocycles. The Morgan fingerprint density at radius 3 is 2.95 bits per heavy atom. The fourth-order valence-corrected chi connectivity index (χ4v) is 2.22. The van der Waals surface area contributed by atoms with Crippen LogP contribution in [0.5, 0.6) is 5.75 Å². The summed E-state index contributed by atoms with van der Waals surface area (Å²) in [5.41, 5.74) is 1.92. The molecule has 0 saturated carbocycles. The van der Waals surface area contributed by atoms with Crippen LogP contribution in [0, 0.1) is 12.3 Å². The van der Waals surface area contributed by atoms with Crippen molar-refractivity contribution < 1.29 is 4.74 Å². The molecular formula is C14H14N2O2S. The van der Waals surface area contributed by atoms with Crippen molar-refractivity contribution in [2.45, 2.75) is 13.1 Å². The number of thiazole rings is 1. The highest BCUT2D eigenvalue weighted by molar-refractivity contribution is 7.07. The number of nitrogens with one attached hydrogen (secondary N) is 2. The van der Waals surface area contributed by atoms with Crippen LogP contribution in [0.15, 0.2) is 34.4 Å². The minimum absolute atomic E-state index is 0.0328. The summed E-state index contributed by atoms with van der Waals surface area (Å²) in [5, 5.41) is 5.07. The van der Waals surface area contributed by atoms with E-state index in [-0.39, 0.29) is 11.5 Å². The van der Waals surface area contributed by atoms with E-state index in [0.29, 0.717) is 13.1 Å². The van der Waals surface area contributed by atoms with Gasteiger partial charge in [-0.3, -0.25) is 4.79 Å². The number of hydrogen-bond acceptors (Lipinski definition) is 4. The summed E-state index contributed by atoms with van der Waals surface area (Å²) >= 11 is 1.17. The van der Waals surface area contributed by atoms with E-state index in [0.717, 1.165) is 17.0 Å². The lowest BCUT2D eigenvalue weighted by atomic mass is 10.2.